The van der Waals surface area contributed by atoms with E-state index in [1.54, 1.807) is 11.3 Å². The summed E-state index contributed by atoms with van der Waals surface area (Å²) in [6, 6.07) is 8.33. The number of benzene rings is 1. The molecule has 2 heterocycles. The molecule has 0 unspecified atom stereocenters. The monoisotopic (exact) mass is 434 g/mol. The summed E-state index contributed by atoms with van der Waals surface area (Å²) >= 11 is 1.73. The molecule has 0 aliphatic carbocycles. The molecule has 0 saturated carbocycles. The predicted molar refractivity (Wildman–Crippen MR) is 101 cm³/mol. The van der Waals surface area contributed by atoms with Gasteiger partial charge in [-0.25, -0.2) is 13.1 Å². The number of thiophene rings is 1. The van der Waals surface area contributed by atoms with E-state index in [1.807, 2.05) is 6.07 Å². The number of piperidine rings is 1. The van der Waals surface area contributed by atoms with Crippen molar-refractivity contribution >= 4 is 21.4 Å². The fourth-order valence-electron chi connectivity index (χ4n) is 3.10. The zero-order chi connectivity index (χ0) is 20.2. The van der Waals surface area contributed by atoms with Crippen LogP contribution in [0.15, 0.2) is 46.7 Å². The van der Waals surface area contributed by atoms with Gasteiger partial charge in [-0.3, -0.25) is 4.90 Å². The van der Waals surface area contributed by atoms with E-state index in [4.69, 9.17) is 0 Å². The summed E-state index contributed by atoms with van der Waals surface area (Å²) in [4.78, 5) is 3.59. The minimum atomic E-state index is -4.81. The van der Waals surface area contributed by atoms with Crippen molar-refractivity contribution in [3.05, 3.63) is 46.7 Å². The maximum atomic E-state index is 12.4. The van der Waals surface area contributed by atoms with E-state index in [9.17, 15) is 21.6 Å². The first-order valence-corrected chi connectivity index (χ1v) is 11.2. The number of nitrogens with one attached hydrogen (secondary N) is 1. The Kier molecular flexibility index (Phi) is 6.64. The third-order valence-electron chi connectivity index (χ3n) is 4.60. The average molecular weight is 435 g/mol. The normalized spacial score (nSPS) is 17.0. The lowest BCUT2D eigenvalue weighted by atomic mass is 9.97. The Morgan fingerprint density at radius 2 is 1.82 bits per heavy atom. The summed E-state index contributed by atoms with van der Waals surface area (Å²) in [5.41, 5.74) is 0. The number of likely N-dealkylation sites (tertiary alicyclic amines) is 1. The Labute approximate surface area is 166 Å². The third kappa shape index (κ3) is 6.20. The van der Waals surface area contributed by atoms with Crippen molar-refractivity contribution in [1.82, 2.24) is 9.62 Å². The van der Waals surface area contributed by atoms with Crippen molar-refractivity contribution < 1.29 is 26.3 Å². The summed E-state index contributed by atoms with van der Waals surface area (Å²) in [5.74, 6) is -0.216. The van der Waals surface area contributed by atoms with Gasteiger partial charge < -0.3 is 4.74 Å². The number of nitrogens with zero attached hydrogens (tertiary/aromatic N) is 1. The van der Waals surface area contributed by atoms with Crippen LogP contribution in [0.1, 0.15) is 17.7 Å². The van der Waals surface area contributed by atoms with Gasteiger partial charge in [0.2, 0.25) is 10.0 Å². The van der Waals surface area contributed by atoms with Crippen molar-refractivity contribution in [3.63, 3.8) is 0 Å². The van der Waals surface area contributed by atoms with E-state index in [0.29, 0.717) is 6.54 Å². The lowest BCUT2D eigenvalue weighted by Crippen LogP contribution is -2.38. The van der Waals surface area contributed by atoms with Gasteiger partial charge in [-0.1, -0.05) is 6.07 Å². The molecule has 1 aromatic carbocycles. The lowest BCUT2D eigenvalue weighted by Gasteiger charge is -2.31. The molecule has 28 heavy (non-hydrogen) atoms. The summed E-state index contributed by atoms with van der Waals surface area (Å²) < 4.78 is 67.6. The van der Waals surface area contributed by atoms with Gasteiger partial charge in [0, 0.05) is 18.0 Å². The molecule has 1 saturated heterocycles. The van der Waals surface area contributed by atoms with Crippen molar-refractivity contribution in [2.45, 2.75) is 30.6 Å². The zero-order valence-electron chi connectivity index (χ0n) is 15.0. The van der Waals surface area contributed by atoms with E-state index in [2.05, 4.69) is 25.8 Å². The summed E-state index contributed by atoms with van der Waals surface area (Å²) in [7, 11) is -3.77. The van der Waals surface area contributed by atoms with E-state index < -0.39 is 22.1 Å². The van der Waals surface area contributed by atoms with E-state index in [0.717, 1.165) is 56.7 Å². The Morgan fingerprint density at radius 1 is 1.14 bits per heavy atom. The molecule has 154 valence electrons. The second-order valence-corrected chi connectivity index (χ2v) is 9.47. The molecule has 5 nitrogen and oxygen atoms in total. The highest BCUT2D eigenvalue weighted by atomic mass is 32.2. The second kappa shape index (κ2) is 8.81. The topological polar surface area (TPSA) is 58.6 Å². The zero-order valence-corrected chi connectivity index (χ0v) is 16.6. The predicted octanol–water partition coefficient (Wildman–Crippen LogP) is 3.84. The fourth-order valence-corrected chi connectivity index (χ4v) is 4.97. The molecule has 1 aliphatic rings. The quantitative estimate of drug-likeness (QED) is 0.720. The van der Waals surface area contributed by atoms with Crippen molar-refractivity contribution in [1.29, 1.82) is 0 Å². The first-order valence-electron chi connectivity index (χ1n) is 8.81. The van der Waals surface area contributed by atoms with Crippen molar-refractivity contribution in [3.8, 4) is 5.75 Å². The van der Waals surface area contributed by atoms with Crippen LogP contribution in [-0.2, 0) is 16.6 Å². The van der Waals surface area contributed by atoms with Crippen LogP contribution in [0.2, 0.25) is 0 Å². The van der Waals surface area contributed by atoms with Gasteiger partial charge >= 0.3 is 6.36 Å². The molecule has 0 bridgehead atoms. The molecule has 1 N–H and O–H groups in total. The van der Waals surface area contributed by atoms with Crippen LogP contribution in [0.25, 0.3) is 0 Å². The number of hydrogen-bond acceptors (Lipinski definition) is 5. The Hall–Kier alpha value is -1.62. The minimum Gasteiger partial charge on any atom is -0.406 e. The number of alkyl halides is 3. The van der Waals surface area contributed by atoms with Crippen LogP contribution in [0, 0.1) is 5.92 Å². The Morgan fingerprint density at radius 3 is 2.39 bits per heavy atom. The highest BCUT2D eigenvalue weighted by Gasteiger charge is 2.31. The van der Waals surface area contributed by atoms with Crippen LogP contribution >= 0.6 is 11.3 Å². The maximum Gasteiger partial charge on any atom is 0.573 e. The first kappa shape index (κ1) is 21.1. The minimum absolute atomic E-state index is 0.0860. The molecule has 0 amide bonds. The SMILES string of the molecule is O=S(=O)(NCC1CCN(Cc2cccs2)CC1)c1ccc(OC(F)(F)F)cc1. The van der Waals surface area contributed by atoms with Gasteiger partial charge in [-0.2, -0.15) is 0 Å². The number of sulfonamides is 1. The molecular weight excluding hydrogens is 413 g/mol. The highest BCUT2D eigenvalue weighted by molar-refractivity contribution is 7.89. The van der Waals surface area contributed by atoms with Crippen LogP contribution in [0.3, 0.4) is 0 Å². The number of hydrogen-bond donors (Lipinski definition) is 1. The van der Waals surface area contributed by atoms with Gasteiger partial charge in [0.1, 0.15) is 5.75 Å². The molecule has 3 rings (SSSR count). The van der Waals surface area contributed by atoms with Gasteiger partial charge in [0.05, 0.1) is 4.90 Å². The molecule has 0 spiro atoms. The molecule has 1 fully saturated rings. The fraction of sp³-hybridized carbons (Fsp3) is 0.444. The van der Waals surface area contributed by atoms with Crippen molar-refractivity contribution in [2.75, 3.05) is 19.6 Å². The van der Waals surface area contributed by atoms with Crippen LogP contribution in [0.5, 0.6) is 5.75 Å². The van der Waals surface area contributed by atoms with E-state index in [-0.39, 0.29) is 10.8 Å². The van der Waals surface area contributed by atoms with Gasteiger partial charge in [0.25, 0.3) is 0 Å². The van der Waals surface area contributed by atoms with Gasteiger partial charge in [-0.15, -0.1) is 24.5 Å². The summed E-state index contributed by atoms with van der Waals surface area (Å²) in [5, 5.41) is 2.05. The molecule has 10 heteroatoms. The maximum absolute atomic E-state index is 12.4. The number of rotatable bonds is 7. The molecule has 1 aliphatic heterocycles. The summed E-state index contributed by atoms with van der Waals surface area (Å²) in [6.07, 6.45) is -3.02. The van der Waals surface area contributed by atoms with Gasteiger partial charge in [-0.05, 0) is 67.6 Å². The first-order chi connectivity index (χ1) is 13.2. The standard InChI is InChI=1S/C18H21F3N2O3S2/c19-18(20,21)26-15-3-5-17(6-4-15)28(24,25)22-12-14-7-9-23(10-8-14)13-16-2-1-11-27-16/h1-6,11,14,22H,7-10,12-13H2. The molecule has 2 aromatic rings. The third-order valence-corrected chi connectivity index (χ3v) is 6.90. The largest absolute Gasteiger partial charge is 0.573 e. The number of ether oxygens (including phenoxy) is 1. The smallest absolute Gasteiger partial charge is 0.406 e. The van der Waals surface area contributed by atoms with Crippen LogP contribution < -0.4 is 9.46 Å². The molecule has 0 radical (unpaired) electrons. The number of halogens is 3. The van der Waals surface area contributed by atoms with Gasteiger partial charge in [0.15, 0.2) is 0 Å². The van der Waals surface area contributed by atoms with E-state index in [1.165, 1.54) is 4.88 Å². The highest BCUT2D eigenvalue weighted by Crippen LogP contribution is 2.24. The van der Waals surface area contributed by atoms with Crippen LogP contribution in [0.4, 0.5) is 13.2 Å². The van der Waals surface area contributed by atoms with Crippen LogP contribution in [-0.4, -0.2) is 39.3 Å². The molecule has 1 aromatic heterocycles. The molecular formula is C18H21F3N2O3S2. The van der Waals surface area contributed by atoms with Crippen molar-refractivity contribution in [2.24, 2.45) is 5.92 Å². The average Bonchev–Trinajstić information content (AvgIpc) is 3.13. The molecule has 0 atom stereocenters. The summed E-state index contributed by atoms with van der Waals surface area (Å²) in [6.45, 7) is 3.06. The lowest BCUT2D eigenvalue weighted by molar-refractivity contribution is -0.274. The van der Waals surface area contributed by atoms with E-state index >= 15 is 0 Å². The Balaban J connectivity index is 1.47. The second-order valence-electron chi connectivity index (χ2n) is 6.67. The Bertz CT molecular complexity index is 845.